The van der Waals surface area contributed by atoms with Crippen molar-refractivity contribution >= 4 is 21.9 Å². The van der Waals surface area contributed by atoms with Gasteiger partial charge in [-0.15, -0.1) is 0 Å². The summed E-state index contributed by atoms with van der Waals surface area (Å²) in [6, 6.07) is 8.44. The summed E-state index contributed by atoms with van der Waals surface area (Å²) in [5, 5.41) is 6.73. The molecule has 0 amide bonds. The predicted molar refractivity (Wildman–Crippen MR) is 86.4 cm³/mol. The van der Waals surface area contributed by atoms with E-state index in [2.05, 4.69) is 31.6 Å². The topological polar surface area (TPSA) is 45.7 Å². The molecule has 0 unspecified atom stereocenters. The molecule has 20 heavy (non-hydrogen) atoms. The van der Waals surface area contributed by atoms with Gasteiger partial charge in [0.15, 0.2) is 5.96 Å². The summed E-state index contributed by atoms with van der Waals surface area (Å²) < 4.78 is 6.72. The van der Waals surface area contributed by atoms with Gasteiger partial charge >= 0.3 is 0 Å². The van der Waals surface area contributed by atoms with E-state index >= 15 is 0 Å². The molecule has 0 spiro atoms. The Morgan fingerprint density at radius 3 is 2.65 bits per heavy atom. The zero-order chi connectivity index (χ0) is 14.2. The third-order valence-corrected chi connectivity index (χ3v) is 3.93. The van der Waals surface area contributed by atoms with Gasteiger partial charge in [0.2, 0.25) is 0 Å². The van der Waals surface area contributed by atoms with Crippen LogP contribution in [-0.2, 0) is 0 Å². The van der Waals surface area contributed by atoms with Crippen LogP contribution in [0.2, 0.25) is 0 Å². The average Bonchev–Trinajstić information content (AvgIpc) is 2.97. The molecule has 0 radical (unpaired) electrons. The minimum Gasteiger partial charge on any atom is -0.492 e. The zero-order valence-corrected chi connectivity index (χ0v) is 13.4. The minimum absolute atomic E-state index is 0.577. The van der Waals surface area contributed by atoms with Crippen LogP contribution in [0.5, 0.6) is 5.75 Å². The summed E-state index contributed by atoms with van der Waals surface area (Å²) in [5.41, 5.74) is 0. The fourth-order valence-corrected chi connectivity index (χ4v) is 2.59. The van der Waals surface area contributed by atoms with E-state index in [0.29, 0.717) is 12.6 Å². The molecule has 2 rings (SSSR count). The smallest absolute Gasteiger partial charge is 0.191 e. The van der Waals surface area contributed by atoms with Crippen LogP contribution in [0.15, 0.2) is 33.7 Å². The number of rotatable bonds is 5. The van der Waals surface area contributed by atoms with Crippen LogP contribution in [0.25, 0.3) is 0 Å². The second kappa shape index (κ2) is 8.15. The van der Waals surface area contributed by atoms with E-state index < -0.39 is 0 Å². The van der Waals surface area contributed by atoms with Gasteiger partial charge < -0.3 is 15.4 Å². The van der Waals surface area contributed by atoms with Crippen LogP contribution < -0.4 is 15.4 Å². The summed E-state index contributed by atoms with van der Waals surface area (Å²) >= 11 is 3.41. The van der Waals surface area contributed by atoms with Crippen LogP contribution in [0.1, 0.15) is 25.7 Å². The molecule has 1 saturated carbocycles. The Labute approximate surface area is 129 Å². The molecule has 2 N–H and O–H groups in total. The van der Waals surface area contributed by atoms with Gasteiger partial charge in [0.25, 0.3) is 0 Å². The third kappa shape index (κ3) is 5.04. The largest absolute Gasteiger partial charge is 0.492 e. The first-order valence-corrected chi connectivity index (χ1v) is 7.93. The fourth-order valence-electron chi connectivity index (χ4n) is 2.33. The first-order valence-electron chi connectivity index (χ1n) is 7.13. The lowest BCUT2D eigenvalue weighted by molar-refractivity contribution is 0.321. The van der Waals surface area contributed by atoms with Gasteiger partial charge in [0, 0.05) is 17.6 Å². The van der Waals surface area contributed by atoms with Crippen molar-refractivity contribution in [2.45, 2.75) is 31.7 Å². The molecular formula is C15H22BrN3O. The first-order chi connectivity index (χ1) is 9.78. The van der Waals surface area contributed by atoms with Crippen molar-refractivity contribution in [3.8, 4) is 5.75 Å². The summed E-state index contributed by atoms with van der Waals surface area (Å²) in [6.45, 7) is 1.36. The van der Waals surface area contributed by atoms with Crippen LogP contribution in [0.4, 0.5) is 0 Å². The molecule has 1 aliphatic carbocycles. The fraction of sp³-hybridized carbons (Fsp3) is 0.533. The molecule has 110 valence electrons. The van der Waals surface area contributed by atoms with E-state index in [0.717, 1.165) is 22.7 Å². The standard InChI is InChI=1S/C15H22BrN3O/c1-17-15(19-13-4-2-3-5-13)18-10-11-20-14-8-6-12(16)7-9-14/h6-9,13H,2-5,10-11H2,1H3,(H2,17,18,19). The molecular weight excluding hydrogens is 318 g/mol. The Balaban J connectivity index is 1.64. The molecule has 0 heterocycles. The Morgan fingerprint density at radius 2 is 2.00 bits per heavy atom. The average molecular weight is 340 g/mol. The number of nitrogens with one attached hydrogen (secondary N) is 2. The second-order valence-corrected chi connectivity index (χ2v) is 5.84. The van der Waals surface area contributed by atoms with Crippen molar-refractivity contribution in [1.29, 1.82) is 0 Å². The lowest BCUT2D eigenvalue weighted by Crippen LogP contribution is -2.43. The van der Waals surface area contributed by atoms with E-state index in [1.165, 1.54) is 25.7 Å². The summed E-state index contributed by atoms with van der Waals surface area (Å²) in [6.07, 6.45) is 5.13. The van der Waals surface area contributed by atoms with E-state index in [4.69, 9.17) is 4.74 Å². The highest BCUT2D eigenvalue weighted by Gasteiger charge is 2.15. The van der Waals surface area contributed by atoms with E-state index in [1.54, 1.807) is 7.05 Å². The van der Waals surface area contributed by atoms with Crippen molar-refractivity contribution in [1.82, 2.24) is 10.6 Å². The van der Waals surface area contributed by atoms with Crippen LogP contribution in [0, 0.1) is 0 Å². The number of ether oxygens (including phenoxy) is 1. The van der Waals surface area contributed by atoms with Crippen molar-refractivity contribution in [3.63, 3.8) is 0 Å². The maximum Gasteiger partial charge on any atom is 0.191 e. The van der Waals surface area contributed by atoms with Gasteiger partial charge in [-0.2, -0.15) is 0 Å². The molecule has 4 nitrogen and oxygen atoms in total. The number of hydrogen-bond donors (Lipinski definition) is 2. The van der Waals surface area contributed by atoms with Gasteiger partial charge in [-0.25, -0.2) is 0 Å². The van der Waals surface area contributed by atoms with Crippen LogP contribution in [-0.4, -0.2) is 32.2 Å². The Bertz CT molecular complexity index is 427. The van der Waals surface area contributed by atoms with E-state index in [1.807, 2.05) is 24.3 Å². The highest BCUT2D eigenvalue weighted by atomic mass is 79.9. The number of nitrogens with zero attached hydrogens (tertiary/aromatic N) is 1. The SMILES string of the molecule is CN=C(NCCOc1ccc(Br)cc1)NC1CCCC1. The summed E-state index contributed by atoms with van der Waals surface area (Å²) in [7, 11) is 1.81. The van der Waals surface area contributed by atoms with Gasteiger partial charge in [0.05, 0.1) is 6.54 Å². The van der Waals surface area contributed by atoms with E-state index in [9.17, 15) is 0 Å². The molecule has 1 aliphatic rings. The first kappa shape index (κ1) is 15.2. The Hall–Kier alpha value is -1.23. The van der Waals surface area contributed by atoms with Crippen molar-refractivity contribution in [2.24, 2.45) is 4.99 Å². The molecule has 5 heteroatoms. The normalized spacial score (nSPS) is 16.2. The number of benzene rings is 1. The summed E-state index contributed by atoms with van der Waals surface area (Å²) in [4.78, 5) is 4.24. The molecule has 0 saturated heterocycles. The number of guanidine groups is 1. The summed E-state index contributed by atoms with van der Waals surface area (Å²) in [5.74, 6) is 1.75. The maximum absolute atomic E-state index is 5.66. The lowest BCUT2D eigenvalue weighted by atomic mass is 10.2. The third-order valence-electron chi connectivity index (χ3n) is 3.40. The molecule has 0 bridgehead atoms. The van der Waals surface area contributed by atoms with Crippen molar-refractivity contribution in [2.75, 3.05) is 20.2 Å². The molecule has 0 aliphatic heterocycles. The monoisotopic (exact) mass is 339 g/mol. The van der Waals surface area contributed by atoms with Gasteiger partial charge in [-0.05, 0) is 37.1 Å². The van der Waals surface area contributed by atoms with Crippen LogP contribution >= 0.6 is 15.9 Å². The molecule has 1 aromatic carbocycles. The van der Waals surface area contributed by atoms with E-state index in [-0.39, 0.29) is 0 Å². The number of aliphatic imine (C=N–C) groups is 1. The van der Waals surface area contributed by atoms with Crippen LogP contribution in [0.3, 0.4) is 0 Å². The Morgan fingerprint density at radius 1 is 1.30 bits per heavy atom. The quantitative estimate of drug-likeness (QED) is 0.492. The lowest BCUT2D eigenvalue weighted by Gasteiger charge is -2.17. The highest BCUT2D eigenvalue weighted by Crippen LogP contribution is 2.17. The van der Waals surface area contributed by atoms with Crippen molar-refractivity contribution in [3.05, 3.63) is 28.7 Å². The number of halogens is 1. The minimum atomic E-state index is 0.577. The maximum atomic E-state index is 5.66. The second-order valence-electron chi connectivity index (χ2n) is 4.93. The van der Waals surface area contributed by atoms with Crippen molar-refractivity contribution < 1.29 is 4.74 Å². The zero-order valence-electron chi connectivity index (χ0n) is 11.9. The molecule has 0 atom stereocenters. The highest BCUT2D eigenvalue weighted by molar-refractivity contribution is 9.10. The van der Waals surface area contributed by atoms with Gasteiger partial charge in [-0.1, -0.05) is 28.8 Å². The Kier molecular flexibility index (Phi) is 6.18. The predicted octanol–water partition coefficient (Wildman–Crippen LogP) is 2.94. The number of hydrogen-bond acceptors (Lipinski definition) is 2. The molecule has 0 aromatic heterocycles. The molecule has 1 aromatic rings. The van der Waals surface area contributed by atoms with Gasteiger partial charge in [0.1, 0.15) is 12.4 Å². The van der Waals surface area contributed by atoms with Gasteiger partial charge in [-0.3, -0.25) is 4.99 Å². The molecule has 1 fully saturated rings.